The summed E-state index contributed by atoms with van der Waals surface area (Å²) in [6.07, 6.45) is 4.64. The van der Waals surface area contributed by atoms with Crippen LogP contribution in [0.1, 0.15) is 74.7 Å². The predicted molar refractivity (Wildman–Crippen MR) is 111 cm³/mol. The fourth-order valence-corrected chi connectivity index (χ4v) is 18.6. The Bertz CT molecular complexity index is 243. The first-order valence-electron chi connectivity index (χ1n) is 10.5. The molecule has 1 heterocycles. The summed E-state index contributed by atoms with van der Waals surface area (Å²) in [7, 11) is 0. The Balaban J connectivity index is 0.000000468. The Labute approximate surface area is 157 Å². The van der Waals surface area contributed by atoms with E-state index in [0.29, 0.717) is 6.10 Å². The van der Waals surface area contributed by atoms with Crippen LogP contribution in [0.3, 0.4) is 0 Å². The van der Waals surface area contributed by atoms with Crippen LogP contribution in [0.15, 0.2) is 0 Å². The zero-order chi connectivity index (χ0) is 17.9. The second-order valence-corrected chi connectivity index (χ2v) is 33.7. The summed E-state index contributed by atoms with van der Waals surface area (Å²) < 4.78 is 12.5. The minimum absolute atomic E-state index is 0.610. The molecule has 1 rings (SSSR count). The number of hydrogen-bond acceptors (Lipinski definition) is 1. The van der Waals surface area contributed by atoms with Gasteiger partial charge in [0.05, 0.1) is 0 Å². The van der Waals surface area contributed by atoms with Crippen LogP contribution in [0, 0.1) is 11.8 Å². The quantitative estimate of drug-likeness (QED) is 0.295. The van der Waals surface area contributed by atoms with Gasteiger partial charge in [0.25, 0.3) is 0 Å². The van der Waals surface area contributed by atoms with Crippen LogP contribution >= 0.6 is 0 Å². The molecule has 1 unspecified atom stereocenters. The van der Waals surface area contributed by atoms with Gasteiger partial charge in [-0.3, -0.25) is 0 Å². The molecule has 1 aliphatic heterocycles. The van der Waals surface area contributed by atoms with Gasteiger partial charge in [-0.25, -0.2) is 0 Å². The van der Waals surface area contributed by atoms with Crippen molar-refractivity contribution in [2.24, 2.45) is 11.8 Å². The molecule has 0 N–H and O–H groups in total. The van der Waals surface area contributed by atoms with Crippen molar-refractivity contribution >= 4 is 35.7 Å². The predicted octanol–water partition coefficient (Wildman–Crippen LogP) is 7.37. The monoisotopic (exact) mass is 536 g/mol. The third-order valence-electron chi connectivity index (χ3n) is 5.91. The van der Waals surface area contributed by atoms with E-state index in [0.717, 1.165) is 11.8 Å². The van der Waals surface area contributed by atoms with Crippen molar-refractivity contribution < 1.29 is 3.79 Å². The molecular weight excluding hydrogens is 490 g/mol. The third kappa shape index (κ3) is 10.9. The molecule has 1 saturated heterocycles. The molecule has 0 bridgehead atoms. The normalized spacial score (nSPS) is 19.0. The van der Waals surface area contributed by atoms with Gasteiger partial charge < -0.3 is 3.79 Å². The molecule has 23 heavy (non-hydrogen) atoms. The molecule has 3 heteroatoms. The van der Waals surface area contributed by atoms with Crippen molar-refractivity contribution in [2.75, 3.05) is 0 Å². The SMILES string of the molecule is CC(C)CC1CC[CH2][Al]([CH2]C(C)C)[O]1.C[CH2][Pb]([CH2]C)([CH2]C)[CH2]C. The van der Waals surface area contributed by atoms with Crippen LogP contribution in [-0.4, -0.2) is 41.8 Å². The maximum atomic E-state index is 6.25. The molecule has 1 aliphatic rings. The van der Waals surface area contributed by atoms with Crippen molar-refractivity contribution in [1.29, 1.82) is 0 Å². The summed E-state index contributed by atoms with van der Waals surface area (Å²) in [6.45, 7) is 18.9. The van der Waals surface area contributed by atoms with Crippen molar-refractivity contribution in [2.45, 2.75) is 107 Å². The van der Waals surface area contributed by atoms with Crippen LogP contribution in [0.4, 0.5) is 0 Å². The molecule has 1 fully saturated rings. The Kier molecular flexibility index (Phi) is 14.4. The number of rotatable bonds is 8. The first-order valence-corrected chi connectivity index (χ1v) is 23.6. The Morgan fingerprint density at radius 2 is 1.43 bits per heavy atom. The Morgan fingerprint density at radius 1 is 0.913 bits per heavy atom. The summed E-state index contributed by atoms with van der Waals surface area (Å²) in [5, 5.41) is 2.81. The van der Waals surface area contributed by atoms with Crippen LogP contribution in [0.5, 0.6) is 0 Å². The van der Waals surface area contributed by atoms with Crippen LogP contribution in [0.25, 0.3) is 0 Å². The van der Waals surface area contributed by atoms with Gasteiger partial charge in [0.2, 0.25) is 0 Å². The second-order valence-electron chi connectivity index (χ2n) is 8.48. The van der Waals surface area contributed by atoms with E-state index in [1.54, 1.807) is 15.9 Å². The average Bonchev–Trinajstić information content (AvgIpc) is 2.50. The van der Waals surface area contributed by atoms with E-state index < -0.39 is 35.7 Å². The fraction of sp³-hybridized carbons (Fsp3) is 1.00. The fourth-order valence-electron chi connectivity index (χ4n) is 3.88. The van der Waals surface area contributed by atoms with Gasteiger partial charge in [0.1, 0.15) is 0 Å². The summed E-state index contributed by atoms with van der Waals surface area (Å²) in [5.74, 6) is 1.64. The van der Waals surface area contributed by atoms with Crippen molar-refractivity contribution in [1.82, 2.24) is 0 Å². The molecule has 0 aromatic heterocycles. The minimum atomic E-state index is -1.51. The average molecular weight is 536 g/mol. The van der Waals surface area contributed by atoms with E-state index in [9.17, 15) is 0 Å². The van der Waals surface area contributed by atoms with Gasteiger partial charge in [-0.15, -0.1) is 0 Å². The van der Waals surface area contributed by atoms with Gasteiger partial charge in [-0.2, -0.15) is 0 Å². The van der Waals surface area contributed by atoms with Crippen molar-refractivity contribution in [3.8, 4) is 0 Å². The van der Waals surface area contributed by atoms with E-state index in [1.165, 1.54) is 29.8 Å². The molecule has 0 amide bonds. The first-order chi connectivity index (χ1) is 10.8. The van der Waals surface area contributed by atoms with Crippen molar-refractivity contribution in [3.05, 3.63) is 0 Å². The number of hydrogen-bond donors (Lipinski definition) is 0. The van der Waals surface area contributed by atoms with Gasteiger partial charge in [0, 0.05) is 6.10 Å². The molecule has 0 spiro atoms. The molecule has 0 saturated carbocycles. The van der Waals surface area contributed by atoms with Gasteiger partial charge >= 0.3 is 79.3 Å². The summed E-state index contributed by atoms with van der Waals surface area (Å²) in [5.41, 5.74) is 0. The van der Waals surface area contributed by atoms with Crippen molar-refractivity contribution in [3.63, 3.8) is 0 Å². The zero-order valence-electron chi connectivity index (χ0n) is 17.6. The molecule has 0 aromatic rings. The molecule has 1 atom stereocenters. The summed E-state index contributed by atoms with van der Waals surface area (Å²) in [6, 6.07) is 0. The van der Waals surface area contributed by atoms with E-state index >= 15 is 0 Å². The van der Waals surface area contributed by atoms with E-state index in [1.807, 2.05) is 0 Å². The van der Waals surface area contributed by atoms with Crippen LogP contribution in [0.2, 0.25) is 26.5 Å². The first kappa shape index (κ1) is 24.4. The van der Waals surface area contributed by atoms with E-state index in [-0.39, 0.29) is 0 Å². The molecule has 0 aliphatic carbocycles. The topological polar surface area (TPSA) is 9.23 Å². The van der Waals surface area contributed by atoms with E-state index in [2.05, 4.69) is 55.4 Å². The standard InChI is InChI=1S/C8H16O.C4H9.4C2H5.Al.Pb/c1-4-5-8(9)6-7(2)3;1-4(2)3;4*1-2;;/h7-8H,1,4-6H2,2-3H3;4H,1H2,2-3H3;4*1H2,2H3;;/q-1;;;;;;+1;. The van der Waals surface area contributed by atoms with E-state index in [4.69, 9.17) is 3.79 Å². The molecule has 0 aromatic carbocycles. The molecule has 1 nitrogen and oxygen atoms in total. The van der Waals surface area contributed by atoms with Crippen LogP contribution < -0.4 is 0 Å². The molecular formula is C20H45AlOPb. The van der Waals surface area contributed by atoms with Gasteiger partial charge in [-0.05, 0) is 18.8 Å². The van der Waals surface area contributed by atoms with Gasteiger partial charge in [-0.1, -0.05) is 50.6 Å². The second kappa shape index (κ2) is 13.6. The summed E-state index contributed by atoms with van der Waals surface area (Å²) in [4.78, 5) is 0. The third-order valence-corrected chi connectivity index (χ3v) is 32.5. The van der Waals surface area contributed by atoms with Gasteiger partial charge in [0.15, 0.2) is 0 Å². The summed E-state index contributed by atoms with van der Waals surface area (Å²) >= 11 is -2.31. The molecule has 138 valence electrons. The Morgan fingerprint density at radius 3 is 1.78 bits per heavy atom. The zero-order valence-corrected chi connectivity index (χ0v) is 22.6. The maximum absolute atomic E-state index is 6.25. The Hall–Kier alpha value is 1.41. The van der Waals surface area contributed by atoms with Crippen LogP contribution in [-0.2, 0) is 3.79 Å². The molecule has 0 radical (unpaired) electrons.